The molecule has 0 aliphatic carbocycles. The van der Waals surface area contributed by atoms with E-state index in [9.17, 15) is 0 Å². The van der Waals surface area contributed by atoms with Crippen molar-refractivity contribution in [2.24, 2.45) is 0 Å². The maximum absolute atomic E-state index is 2.47. The lowest BCUT2D eigenvalue weighted by molar-refractivity contribution is 0.856. The summed E-state index contributed by atoms with van der Waals surface area (Å²) in [4.78, 5) is 2.47. The van der Waals surface area contributed by atoms with E-state index >= 15 is 0 Å². The number of aryl methyl sites for hydroxylation is 2. The molecule has 1 aliphatic heterocycles. The fraction of sp³-hybridized carbons (Fsp3) is 0.368. The predicted molar refractivity (Wildman–Crippen MR) is 86.3 cm³/mol. The van der Waals surface area contributed by atoms with E-state index in [1.807, 2.05) is 0 Å². The number of benzene rings is 2. The van der Waals surface area contributed by atoms with Crippen molar-refractivity contribution in [3.05, 3.63) is 64.2 Å². The number of anilines is 1. The Bertz CT molecular complexity index is 592. The monoisotopic (exact) mass is 265 g/mol. The van der Waals surface area contributed by atoms with Crippen LogP contribution in [0.5, 0.6) is 0 Å². The van der Waals surface area contributed by atoms with E-state index in [-0.39, 0.29) is 0 Å². The molecule has 0 aromatic heterocycles. The average Bonchev–Trinajstić information content (AvgIpc) is 2.82. The molecular weight excluding hydrogens is 242 g/mol. The summed E-state index contributed by atoms with van der Waals surface area (Å²) in [5.41, 5.74) is 8.53. The molecule has 2 aromatic carbocycles. The lowest BCUT2D eigenvalue weighted by Gasteiger charge is -2.18. The number of hydrogen-bond acceptors (Lipinski definition) is 1. The zero-order valence-electron chi connectivity index (χ0n) is 12.9. The van der Waals surface area contributed by atoms with Gasteiger partial charge < -0.3 is 4.90 Å². The molecule has 1 aliphatic rings. The van der Waals surface area contributed by atoms with Gasteiger partial charge in [0.1, 0.15) is 0 Å². The SMILES string of the molecule is Cc1cc2c(cc1C)CN(c1ccc(C(C)C)cc1)C2. The molecule has 0 spiro atoms. The van der Waals surface area contributed by atoms with Gasteiger partial charge >= 0.3 is 0 Å². The summed E-state index contributed by atoms with van der Waals surface area (Å²) in [6, 6.07) is 13.8. The van der Waals surface area contributed by atoms with Crippen LogP contribution >= 0.6 is 0 Å². The van der Waals surface area contributed by atoms with Gasteiger partial charge in [-0.25, -0.2) is 0 Å². The topological polar surface area (TPSA) is 3.24 Å². The van der Waals surface area contributed by atoms with Crippen LogP contribution in [0.25, 0.3) is 0 Å². The molecule has 104 valence electrons. The second kappa shape index (κ2) is 4.97. The molecule has 0 unspecified atom stereocenters. The van der Waals surface area contributed by atoms with Gasteiger partial charge in [0, 0.05) is 18.8 Å². The molecule has 1 heterocycles. The molecule has 0 fully saturated rings. The largest absolute Gasteiger partial charge is 0.363 e. The maximum atomic E-state index is 2.47. The Hall–Kier alpha value is -1.76. The molecule has 0 radical (unpaired) electrons. The summed E-state index contributed by atoms with van der Waals surface area (Å²) < 4.78 is 0. The quantitative estimate of drug-likeness (QED) is 0.743. The molecule has 1 heteroatoms. The Labute approximate surface area is 122 Å². The summed E-state index contributed by atoms with van der Waals surface area (Å²) in [5, 5.41) is 0. The summed E-state index contributed by atoms with van der Waals surface area (Å²) in [5.74, 6) is 0.602. The van der Waals surface area contributed by atoms with Crippen molar-refractivity contribution in [3.63, 3.8) is 0 Å². The van der Waals surface area contributed by atoms with Crippen molar-refractivity contribution < 1.29 is 0 Å². The fourth-order valence-electron chi connectivity index (χ4n) is 2.95. The fourth-order valence-corrected chi connectivity index (χ4v) is 2.95. The van der Waals surface area contributed by atoms with Crippen LogP contribution in [0.3, 0.4) is 0 Å². The van der Waals surface area contributed by atoms with Gasteiger partial charge in [0.15, 0.2) is 0 Å². The van der Waals surface area contributed by atoms with Gasteiger partial charge in [-0.3, -0.25) is 0 Å². The van der Waals surface area contributed by atoms with Crippen molar-refractivity contribution in [3.8, 4) is 0 Å². The number of fused-ring (bicyclic) bond motifs is 1. The lowest BCUT2D eigenvalue weighted by atomic mass is 10.0. The predicted octanol–water partition coefficient (Wildman–Crippen LogP) is 4.95. The molecule has 20 heavy (non-hydrogen) atoms. The van der Waals surface area contributed by atoms with Gasteiger partial charge in [-0.05, 0) is 59.7 Å². The van der Waals surface area contributed by atoms with Crippen molar-refractivity contribution in [1.82, 2.24) is 0 Å². The highest BCUT2D eigenvalue weighted by Gasteiger charge is 2.19. The van der Waals surface area contributed by atoms with Crippen LogP contribution in [0.15, 0.2) is 36.4 Å². The maximum Gasteiger partial charge on any atom is 0.0436 e. The first kappa shape index (κ1) is 13.2. The lowest BCUT2D eigenvalue weighted by Crippen LogP contribution is -2.14. The Morgan fingerprint density at radius 1 is 0.850 bits per heavy atom. The van der Waals surface area contributed by atoms with Crippen molar-refractivity contribution in [2.45, 2.75) is 46.7 Å². The second-order valence-corrected chi connectivity index (χ2v) is 6.31. The molecule has 2 aromatic rings. The van der Waals surface area contributed by atoms with Crippen LogP contribution in [-0.4, -0.2) is 0 Å². The third-order valence-electron chi connectivity index (χ3n) is 4.46. The van der Waals surface area contributed by atoms with Crippen LogP contribution in [0.2, 0.25) is 0 Å². The minimum absolute atomic E-state index is 0.602. The van der Waals surface area contributed by atoms with Gasteiger partial charge in [-0.15, -0.1) is 0 Å². The zero-order valence-corrected chi connectivity index (χ0v) is 12.9. The molecule has 0 bridgehead atoms. The standard InChI is InChI=1S/C19H23N/c1-13(2)16-5-7-19(8-6-16)20-11-17-9-14(3)15(4)10-18(17)12-20/h5-10,13H,11-12H2,1-4H3. The normalized spacial score (nSPS) is 13.9. The Kier molecular flexibility index (Phi) is 3.29. The summed E-state index contributed by atoms with van der Waals surface area (Å²) in [6.07, 6.45) is 0. The molecule has 0 saturated heterocycles. The summed E-state index contributed by atoms with van der Waals surface area (Å²) in [6.45, 7) is 11.0. The Morgan fingerprint density at radius 2 is 1.35 bits per heavy atom. The molecule has 0 saturated carbocycles. The molecular formula is C19H23N. The van der Waals surface area contributed by atoms with Gasteiger partial charge in [0.2, 0.25) is 0 Å². The number of rotatable bonds is 2. The first-order valence-corrected chi connectivity index (χ1v) is 7.48. The molecule has 0 amide bonds. The minimum Gasteiger partial charge on any atom is -0.363 e. The van der Waals surface area contributed by atoms with Crippen LogP contribution in [0.1, 0.15) is 47.6 Å². The number of nitrogens with zero attached hydrogens (tertiary/aromatic N) is 1. The Morgan fingerprint density at radius 3 is 1.80 bits per heavy atom. The Balaban J connectivity index is 1.84. The number of hydrogen-bond donors (Lipinski definition) is 0. The minimum atomic E-state index is 0.602. The molecule has 1 nitrogen and oxygen atoms in total. The first-order chi connectivity index (χ1) is 9.54. The van der Waals surface area contributed by atoms with E-state index in [0.29, 0.717) is 5.92 Å². The highest BCUT2D eigenvalue weighted by molar-refractivity contribution is 5.54. The average molecular weight is 265 g/mol. The van der Waals surface area contributed by atoms with Crippen LogP contribution in [0.4, 0.5) is 5.69 Å². The first-order valence-electron chi connectivity index (χ1n) is 7.48. The third-order valence-corrected chi connectivity index (χ3v) is 4.46. The van der Waals surface area contributed by atoms with Gasteiger partial charge in [0.05, 0.1) is 0 Å². The van der Waals surface area contributed by atoms with E-state index in [2.05, 4.69) is 69.0 Å². The zero-order chi connectivity index (χ0) is 14.3. The highest BCUT2D eigenvalue weighted by Crippen LogP contribution is 2.30. The summed E-state index contributed by atoms with van der Waals surface area (Å²) in [7, 11) is 0. The molecule has 0 N–H and O–H groups in total. The van der Waals surface area contributed by atoms with Crippen molar-refractivity contribution >= 4 is 5.69 Å². The van der Waals surface area contributed by atoms with E-state index in [1.165, 1.54) is 33.5 Å². The van der Waals surface area contributed by atoms with Crippen molar-refractivity contribution in [1.29, 1.82) is 0 Å². The van der Waals surface area contributed by atoms with Gasteiger partial charge in [-0.2, -0.15) is 0 Å². The van der Waals surface area contributed by atoms with Crippen LogP contribution in [0, 0.1) is 13.8 Å². The van der Waals surface area contributed by atoms with E-state index in [0.717, 1.165) is 13.1 Å². The smallest absolute Gasteiger partial charge is 0.0436 e. The molecule has 3 rings (SSSR count). The van der Waals surface area contributed by atoms with Crippen LogP contribution < -0.4 is 4.90 Å². The van der Waals surface area contributed by atoms with Gasteiger partial charge in [-0.1, -0.05) is 38.1 Å². The van der Waals surface area contributed by atoms with E-state index < -0.39 is 0 Å². The second-order valence-electron chi connectivity index (χ2n) is 6.31. The third kappa shape index (κ3) is 2.33. The van der Waals surface area contributed by atoms with Gasteiger partial charge in [0.25, 0.3) is 0 Å². The molecule has 0 atom stereocenters. The van der Waals surface area contributed by atoms with E-state index in [4.69, 9.17) is 0 Å². The van der Waals surface area contributed by atoms with E-state index in [1.54, 1.807) is 0 Å². The summed E-state index contributed by atoms with van der Waals surface area (Å²) >= 11 is 0. The highest BCUT2D eigenvalue weighted by atomic mass is 15.1. The van der Waals surface area contributed by atoms with Crippen molar-refractivity contribution in [2.75, 3.05) is 4.90 Å². The van der Waals surface area contributed by atoms with Crippen LogP contribution in [-0.2, 0) is 13.1 Å².